The summed E-state index contributed by atoms with van der Waals surface area (Å²) in [6, 6.07) is 11.3. The number of hydrogen-bond acceptors (Lipinski definition) is 7. The second-order valence-electron chi connectivity index (χ2n) is 12.8. The minimum atomic E-state index is 0.163. The van der Waals surface area contributed by atoms with Crippen LogP contribution >= 0.6 is 11.6 Å². The van der Waals surface area contributed by atoms with E-state index in [0.717, 1.165) is 48.0 Å². The highest BCUT2D eigenvalue weighted by Crippen LogP contribution is 2.43. The molecule has 7 nitrogen and oxygen atoms in total. The molecule has 1 aromatic heterocycles. The van der Waals surface area contributed by atoms with Crippen molar-refractivity contribution in [2.45, 2.75) is 87.9 Å². The average Bonchev–Trinajstić information content (AvgIpc) is 3.64. The van der Waals surface area contributed by atoms with Crippen LogP contribution in [0.1, 0.15) is 74.2 Å². The van der Waals surface area contributed by atoms with Crippen LogP contribution in [-0.4, -0.2) is 63.8 Å². The number of aromatic nitrogens is 2. The predicted molar refractivity (Wildman–Crippen MR) is 158 cm³/mol. The molecule has 0 spiro atoms. The van der Waals surface area contributed by atoms with Crippen LogP contribution in [0.25, 0.3) is 10.8 Å². The molecule has 3 aromatic rings. The Labute approximate surface area is 240 Å². The number of rotatable bonds is 5. The maximum atomic E-state index is 10.6. The van der Waals surface area contributed by atoms with Gasteiger partial charge in [0, 0.05) is 36.0 Å². The lowest BCUT2D eigenvalue weighted by atomic mass is 9.85. The van der Waals surface area contributed by atoms with E-state index in [2.05, 4.69) is 15.1 Å². The molecule has 210 valence electrons. The van der Waals surface area contributed by atoms with Gasteiger partial charge in [-0.05, 0) is 94.0 Å². The molecule has 3 atom stereocenters. The van der Waals surface area contributed by atoms with Gasteiger partial charge in [-0.15, -0.1) is 0 Å². The smallest absolute Gasteiger partial charge is 0.316 e. The van der Waals surface area contributed by atoms with Gasteiger partial charge < -0.3 is 20.1 Å². The number of aromatic hydroxyl groups is 1. The van der Waals surface area contributed by atoms with Crippen LogP contribution in [0.2, 0.25) is 5.02 Å². The Hall–Kier alpha value is -2.61. The number of nitrogens with one attached hydrogen (secondary N) is 1. The number of nitrogens with zero attached hydrogens (tertiary/aromatic N) is 4. The molecule has 0 aliphatic carbocycles. The lowest BCUT2D eigenvalue weighted by Crippen LogP contribution is -2.43. The van der Waals surface area contributed by atoms with Crippen molar-refractivity contribution in [1.82, 2.24) is 20.2 Å². The summed E-state index contributed by atoms with van der Waals surface area (Å²) in [5.74, 6) is 0.707. The van der Waals surface area contributed by atoms with Gasteiger partial charge in [-0.3, -0.25) is 4.90 Å². The first-order valence-corrected chi connectivity index (χ1v) is 15.6. The normalized spacial score (nSPS) is 27.2. The molecule has 4 fully saturated rings. The molecule has 5 aliphatic heterocycles. The molecule has 8 rings (SSSR count). The van der Waals surface area contributed by atoms with Crippen molar-refractivity contribution < 1.29 is 9.84 Å². The van der Waals surface area contributed by atoms with Gasteiger partial charge in [0.2, 0.25) is 0 Å². The third kappa shape index (κ3) is 4.24. The highest BCUT2D eigenvalue weighted by molar-refractivity contribution is 6.36. The predicted octanol–water partition coefficient (Wildman–Crippen LogP) is 5.56. The maximum absolute atomic E-state index is 10.6. The molecule has 2 N–H and O–H groups in total. The summed E-state index contributed by atoms with van der Waals surface area (Å²) >= 11 is 6.70. The van der Waals surface area contributed by atoms with Crippen LogP contribution in [-0.2, 0) is 13.0 Å². The van der Waals surface area contributed by atoms with Crippen LogP contribution in [0.4, 0.5) is 5.69 Å². The van der Waals surface area contributed by atoms with E-state index in [0.29, 0.717) is 42.2 Å². The number of phenolic OH excluding ortho intramolecular Hbond substituents is 1. The third-order valence-electron chi connectivity index (χ3n) is 10.4. The number of halogens is 1. The minimum Gasteiger partial charge on any atom is -0.508 e. The first-order chi connectivity index (χ1) is 19.5. The van der Waals surface area contributed by atoms with E-state index < -0.39 is 0 Å². The molecular formula is C32H38ClN5O2. The minimum absolute atomic E-state index is 0.163. The van der Waals surface area contributed by atoms with Crippen molar-refractivity contribution in [2.75, 3.05) is 31.1 Å². The molecule has 0 saturated carbocycles. The van der Waals surface area contributed by atoms with Gasteiger partial charge in [-0.2, -0.15) is 9.97 Å². The van der Waals surface area contributed by atoms with Gasteiger partial charge in [0.15, 0.2) is 0 Å². The van der Waals surface area contributed by atoms with E-state index in [1.54, 1.807) is 6.07 Å². The second kappa shape index (κ2) is 9.74. The van der Waals surface area contributed by atoms with Crippen LogP contribution in [0.3, 0.4) is 0 Å². The number of anilines is 1. The summed E-state index contributed by atoms with van der Waals surface area (Å²) in [5.41, 5.74) is 4.72. The highest BCUT2D eigenvalue weighted by Gasteiger charge is 2.45. The zero-order valence-electron chi connectivity index (χ0n) is 23.0. The van der Waals surface area contributed by atoms with Gasteiger partial charge >= 0.3 is 6.01 Å². The Kier molecular flexibility index (Phi) is 6.12. The molecule has 2 bridgehead atoms. The maximum Gasteiger partial charge on any atom is 0.316 e. The summed E-state index contributed by atoms with van der Waals surface area (Å²) in [7, 11) is 0. The van der Waals surface area contributed by atoms with Gasteiger partial charge in [-0.1, -0.05) is 23.7 Å². The van der Waals surface area contributed by atoms with E-state index in [9.17, 15) is 5.11 Å². The standard InChI is InChI=1S/C32H38ClN5O2/c33-26-5-1-4-20-16-24(39)17-28(29(20)26)37-13-8-25-27(18-37)35-31(40-19-32-9-2-11-38(32)12-3-10-32)36-30(25)21-14-22-6-7-23(15-21)34-22/h1,4-5,16-17,21-23,34,39H,2-3,6-15,18-19H2/t21-,22+,23-. The fraction of sp³-hybridized carbons (Fsp3) is 0.562. The summed E-state index contributed by atoms with van der Waals surface area (Å²) in [6.07, 6.45) is 10.7. The van der Waals surface area contributed by atoms with Crippen molar-refractivity contribution in [3.63, 3.8) is 0 Å². The number of ether oxygens (including phenoxy) is 1. The van der Waals surface area contributed by atoms with E-state index in [1.807, 2.05) is 24.3 Å². The van der Waals surface area contributed by atoms with E-state index >= 15 is 0 Å². The summed E-state index contributed by atoms with van der Waals surface area (Å²) in [5, 5.41) is 17.0. The van der Waals surface area contributed by atoms with Crippen molar-refractivity contribution in [1.29, 1.82) is 0 Å². The number of fused-ring (bicyclic) bond motifs is 5. The van der Waals surface area contributed by atoms with Crippen molar-refractivity contribution >= 4 is 28.1 Å². The monoisotopic (exact) mass is 559 g/mol. The summed E-state index contributed by atoms with van der Waals surface area (Å²) in [6.45, 7) is 4.54. The number of benzene rings is 2. The zero-order valence-corrected chi connectivity index (χ0v) is 23.8. The number of phenols is 1. The van der Waals surface area contributed by atoms with Crippen molar-refractivity contribution in [3.05, 3.63) is 52.3 Å². The van der Waals surface area contributed by atoms with Crippen molar-refractivity contribution in [2.24, 2.45) is 0 Å². The second-order valence-corrected chi connectivity index (χ2v) is 13.2. The molecular weight excluding hydrogens is 522 g/mol. The third-order valence-corrected chi connectivity index (χ3v) is 10.8. The number of hydrogen-bond donors (Lipinski definition) is 2. The first kappa shape index (κ1) is 25.1. The van der Waals surface area contributed by atoms with Gasteiger partial charge in [0.1, 0.15) is 12.4 Å². The molecule has 4 saturated heterocycles. The average molecular weight is 560 g/mol. The van der Waals surface area contributed by atoms with Crippen LogP contribution in [0.5, 0.6) is 11.8 Å². The van der Waals surface area contributed by atoms with Gasteiger partial charge in [-0.25, -0.2) is 0 Å². The SMILES string of the molecule is Oc1cc(N2CCc3c(nc(OCC45CCCN4CCC5)nc3[C@H]3C[C@H]4CC[C@@H](C3)N4)C2)c2c(Cl)cccc2c1. The quantitative estimate of drug-likeness (QED) is 0.424. The number of piperidine rings is 1. The molecule has 6 heterocycles. The van der Waals surface area contributed by atoms with Crippen molar-refractivity contribution in [3.8, 4) is 11.8 Å². The largest absolute Gasteiger partial charge is 0.508 e. The van der Waals surface area contributed by atoms with E-state index in [4.69, 9.17) is 26.3 Å². The summed E-state index contributed by atoms with van der Waals surface area (Å²) in [4.78, 5) is 15.2. The molecule has 0 amide bonds. The Bertz CT molecular complexity index is 1440. The zero-order chi connectivity index (χ0) is 26.8. The molecule has 0 radical (unpaired) electrons. The summed E-state index contributed by atoms with van der Waals surface area (Å²) < 4.78 is 6.55. The lowest BCUT2D eigenvalue weighted by molar-refractivity contribution is 0.107. The molecule has 5 aliphatic rings. The topological polar surface area (TPSA) is 73.8 Å². The van der Waals surface area contributed by atoms with Crippen LogP contribution in [0.15, 0.2) is 30.3 Å². The Morgan fingerprint density at radius 3 is 2.65 bits per heavy atom. The highest BCUT2D eigenvalue weighted by atomic mass is 35.5. The van der Waals surface area contributed by atoms with E-state index in [1.165, 1.54) is 62.9 Å². The fourth-order valence-electron chi connectivity index (χ4n) is 8.58. The Morgan fingerprint density at radius 2 is 1.85 bits per heavy atom. The molecule has 40 heavy (non-hydrogen) atoms. The fourth-order valence-corrected chi connectivity index (χ4v) is 8.86. The molecule has 8 heteroatoms. The van der Waals surface area contributed by atoms with Crippen LogP contribution < -0.4 is 15.0 Å². The van der Waals surface area contributed by atoms with Gasteiger partial charge in [0.25, 0.3) is 0 Å². The molecule has 0 unspecified atom stereocenters. The van der Waals surface area contributed by atoms with Gasteiger partial charge in [0.05, 0.1) is 34.2 Å². The lowest BCUT2D eigenvalue weighted by Gasteiger charge is -2.35. The molecule has 2 aromatic carbocycles. The van der Waals surface area contributed by atoms with E-state index in [-0.39, 0.29) is 11.3 Å². The Morgan fingerprint density at radius 1 is 1.05 bits per heavy atom. The Balaban J connectivity index is 1.15. The first-order valence-electron chi connectivity index (χ1n) is 15.2. The van der Waals surface area contributed by atoms with Crippen LogP contribution in [0, 0.1) is 0 Å².